The van der Waals surface area contributed by atoms with E-state index in [4.69, 9.17) is 19.3 Å². The van der Waals surface area contributed by atoms with Gasteiger partial charge in [-0.15, -0.1) is 0 Å². The number of hydrazine groups is 2. The van der Waals surface area contributed by atoms with Gasteiger partial charge in [-0.1, -0.05) is 115 Å². The van der Waals surface area contributed by atoms with Crippen molar-refractivity contribution in [1.29, 1.82) is 0 Å². The number of carbonyl (C=O) groups excluding carboxylic acids is 4. The van der Waals surface area contributed by atoms with E-state index in [0.717, 1.165) is 28.8 Å². The predicted molar refractivity (Wildman–Crippen MR) is 245 cm³/mol. The quantitative estimate of drug-likeness (QED) is 0.0492. The van der Waals surface area contributed by atoms with Crippen molar-refractivity contribution in [3.63, 3.8) is 0 Å². The largest absolute Gasteiger partial charge is 0.508 e. The topological polar surface area (TPSA) is 245 Å². The van der Waals surface area contributed by atoms with Crippen molar-refractivity contribution >= 4 is 23.6 Å². The maximum Gasteiger partial charge on any atom is 0.277 e. The number of aromatic hydroxyl groups is 5. The number of phenolic OH excluding ortho intramolecular Hbond substituents is 5. The number of rotatable bonds is 15. The number of carbonyl (C=O) groups is 4. The molecule has 0 saturated heterocycles. The highest BCUT2D eigenvalue weighted by Crippen LogP contribution is 2.36. The van der Waals surface area contributed by atoms with Crippen molar-refractivity contribution < 1.29 is 58.9 Å². The number of ether oxygens (including phenoxy) is 3. The van der Waals surface area contributed by atoms with Gasteiger partial charge in [-0.2, -0.15) is 0 Å². The van der Waals surface area contributed by atoms with Crippen LogP contribution < -0.4 is 35.9 Å². The number of phenols is 5. The van der Waals surface area contributed by atoms with Gasteiger partial charge >= 0.3 is 0 Å². The van der Waals surface area contributed by atoms with Gasteiger partial charge in [0.1, 0.15) is 76.9 Å². The van der Waals surface area contributed by atoms with Crippen LogP contribution in [0.5, 0.6) is 46.0 Å². The lowest BCUT2D eigenvalue weighted by Crippen LogP contribution is -2.42. The van der Waals surface area contributed by atoms with Crippen LogP contribution in [-0.2, 0) is 42.3 Å². The van der Waals surface area contributed by atoms with E-state index >= 15 is 0 Å². The molecule has 16 nitrogen and oxygen atoms in total. The summed E-state index contributed by atoms with van der Waals surface area (Å²) < 4.78 is 18.5. The summed E-state index contributed by atoms with van der Waals surface area (Å²) in [5.41, 5.74) is 12.6. The average molecular weight is 907 g/mol. The first-order chi connectivity index (χ1) is 32.4. The zero-order valence-corrected chi connectivity index (χ0v) is 35.7. The Labute approximate surface area is 384 Å². The molecule has 7 aromatic rings. The normalized spacial score (nSPS) is 10.3. The van der Waals surface area contributed by atoms with Gasteiger partial charge in [0.05, 0.1) is 12.8 Å². The fourth-order valence-electron chi connectivity index (χ4n) is 6.31. The zero-order chi connectivity index (χ0) is 47.5. The summed E-state index contributed by atoms with van der Waals surface area (Å²) in [5, 5.41) is 47.3. The molecule has 9 N–H and O–H groups in total. The third kappa shape index (κ3) is 14.7. The van der Waals surface area contributed by atoms with Crippen molar-refractivity contribution in [3.8, 4) is 46.0 Å². The van der Waals surface area contributed by atoms with Crippen molar-refractivity contribution in [3.05, 3.63) is 203 Å². The van der Waals surface area contributed by atoms with Crippen LogP contribution in [0.4, 0.5) is 0 Å². The molecule has 0 fully saturated rings. The van der Waals surface area contributed by atoms with Crippen LogP contribution in [0.3, 0.4) is 0 Å². The predicted octanol–water partition coefficient (Wildman–Crippen LogP) is 6.65. The van der Waals surface area contributed by atoms with Gasteiger partial charge in [-0.3, -0.25) is 40.9 Å². The number of hydrogen-bond donors (Lipinski definition) is 9. The fourth-order valence-corrected chi connectivity index (χ4v) is 6.31. The Morgan fingerprint density at radius 2 is 0.746 bits per heavy atom. The van der Waals surface area contributed by atoms with E-state index < -0.39 is 46.4 Å². The van der Waals surface area contributed by atoms with E-state index in [2.05, 4.69) is 16.3 Å². The minimum Gasteiger partial charge on any atom is -0.508 e. The average Bonchev–Trinajstić information content (AvgIpc) is 3.31. The van der Waals surface area contributed by atoms with Gasteiger partial charge in [0.2, 0.25) is 11.8 Å². The first-order valence-corrected chi connectivity index (χ1v) is 20.6. The molecule has 0 atom stereocenters. The highest BCUT2D eigenvalue weighted by atomic mass is 16.5. The van der Waals surface area contributed by atoms with E-state index in [0.29, 0.717) is 23.5 Å². The molecule has 0 saturated carbocycles. The van der Waals surface area contributed by atoms with Crippen LogP contribution in [0.2, 0.25) is 0 Å². The van der Waals surface area contributed by atoms with Gasteiger partial charge in [0.15, 0.2) is 0 Å². The molecule has 0 unspecified atom stereocenters. The molecule has 16 heteroatoms. The van der Waals surface area contributed by atoms with Gasteiger partial charge in [0, 0.05) is 24.3 Å². The first kappa shape index (κ1) is 47.3. The molecule has 0 aromatic heterocycles. The molecule has 7 rings (SSSR count). The maximum atomic E-state index is 13.6. The fraction of sp³-hybridized carbons (Fsp3) is 0.0980. The van der Waals surface area contributed by atoms with E-state index in [1.165, 1.54) is 24.3 Å². The lowest BCUT2D eigenvalue weighted by Gasteiger charge is -2.19. The molecule has 0 aliphatic heterocycles. The summed E-state index contributed by atoms with van der Waals surface area (Å²) in [4.78, 5) is 49.8. The minimum absolute atomic E-state index is 0.0123. The van der Waals surface area contributed by atoms with Crippen LogP contribution >= 0.6 is 0 Å². The molecule has 67 heavy (non-hydrogen) atoms. The molecule has 7 aromatic carbocycles. The number of amides is 4. The number of benzene rings is 7. The Morgan fingerprint density at radius 1 is 0.373 bits per heavy atom. The summed E-state index contributed by atoms with van der Waals surface area (Å²) in [6.07, 6.45) is -0.141. The lowest BCUT2D eigenvalue weighted by molar-refractivity contribution is -0.122. The van der Waals surface area contributed by atoms with Gasteiger partial charge in [-0.05, 0) is 52.1 Å². The molecular formula is C51H46N4O12. The maximum absolute atomic E-state index is 13.6. The summed E-state index contributed by atoms with van der Waals surface area (Å²) in [6, 6.07) is 46.3. The standard InChI is InChI=1S/C36H32N2O6.C15H14N2O6/c39-30-18-10-17-29(19-30)20-34(40)37-38-36(41)35-32(43-24-27-13-6-2-7-14-27)21-31(42-23-26-11-4-1-5-12-26)22-33(35)44-25-28-15-8-3-9-16-28;18-9-3-1-2-8(4-9)5-13(22)16-17-15(23)14-11(20)6-10(19)7-12(14)21/h1-19,21-22,39H,20,23-25H2,(H,37,40)(H,38,41);1-4,6-7,18-21H,5H2,(H,16,22)(H,17,23). The van der Waals surface area contributed by atoms with Crippen LogP contribution in [-0.4, -0.2) is 49.2 Å². The highest BCUT2D eigenvalue weighted by molar-refractivity contribution is 6.01. The second-order valence-electron chi connectivity index (χ2n) is 14.7. The molecular weight excluding hydrogens is 861 g/mol. The Morgan fingerprint density at radius 3 is 1.15 bits per heavy atom. The van der Waals surface area contributed by atoms with Crippen LogP contribution in [0.25, 0.3) is 0 Å². The van der Waals surface area contributed by atoms with Crippen molar-refractivity contribution in [2.24, 2.45) is 0 Å². The van der Waals surface area contributed by atoms with Crippen LogP contribution in [0, 0.1) is 0 Å². The Kier molecular flexibility index (Phi) is 16.6. The molecule has 0 spiro atoms. The lowest BCUT2D eigenvalue weighted by atomic mass is 10.1. The van der Waals surface area contributed by atoms with Crippen molar-refractivity contribution in [2.45, 2.75) is 32.7 Å². The summed E-state index contributed by atoms with van der Waals surface area (Å²) in [7, 11) is 0. The Bertz CT molecular complexity index is 2700. The Balaban J connectivity index is 0.000000271. The van der Waals surface area contributed by atoms with E-state index in [-0.39, 0.29) is 54.6 Å². The van der Waals surface area contributed by atoms with Gasteiger partial charge in [0.25, 0.3) is 11.8 Å². The van der Waals surface area contributed by atoms with E-state index in [9.17, 15) is 39.6 Å². The molecule has 0 radical (unpaired) electrons. The summed E-state index contributed by atoms with van der Waals surface area (Å²) in [6.45, 7) is 0.671. The van der Waals surface area contributed by atoms with E-state index in [1.807, 2.05) is 96.4 Å². The SMILES string of the molecule is O=C(Cc1cccc(O)c1)NNC(=O)c1c(O)cc(O)cc1O.O=C(Cc1cccc(O)c1)NNC(=O)c1c(OCc2ccccc2)cc(OCc2ccccc2)cc1OCc1ccccc1. The smallest absolute Gasteiger partial charge is 0.277 e. The molecule has 0 heterocycles. The molecule has 342 valence electrons. The number of nitrogens with one attached hydrogen (secondary N) is 4. The van der Waals surface area contributed by atoms with Crippen molar-refractivity contribution in [2.75, 3.05) is 0 Å². The molecule has 0 aliphatic rings. The van der Waals surface area contributed by atoms with Crippen molar-refractivity contribution in [1.82, 2.24) is 21.7 Å². The zero-order valence-electron chi connectivity index (χ0n) is 35.7. The first-order valence-electron chi connectivity index (χ1n) is 20.6. The van der Waals surface area contributed by atoms with E-state index in [1.54, 1.807) is 36.4 Å². The molecule has 4 amide bonds. The van der Waals surface area contributed by atoms with Crippen LogP contribution in [0.15, 0.2) is 164 Å². The third-order valence-corrected chi connectivity index (χ3v) is 9.48. The second kappa shape index (κ2) is 23.5. The third-order valence-electron chi connectivity index (χ3n) is 9.48. The van der Waals surface area contributed by atoms with Crippen LogP contribution in [0.1, 0.15) is 48.5 Å². The summed E-state index contributed by atoms with van der Waals surface area (Å²) in [5.74, 6) is -3.35. The molecule has 0 bridgehead atoms. The Hall–Kier alpha value is -9.18. The van der Waals surface area contributed by atoms with Gasteiger partial charge in [-0.25, -0.2) is 0 Å². The molecule has 0 aliphatic carbocycles. The van der Waals surface area contributed by atoms with Gasteiger partial charge < -0.3 is 39.7 Å². The monoisotopic (exact) mass is 906 g/mol. The second-order valence-corrected chi connectivity index (χ2v) is 14.7. The minimum atomic E-state index is -0.954. The highest BCUT2D eigenvalue weighted by Gasteiger charge is 2.23. The summed E-state index contributed by atoms with van der Waals surface area (Å²) >= 11 is 0. The number of hydrogen-bond acceptors (Lipinski definition) is 12.